The predicted molar refractivity (Wildman–Crippen MR) is 89.3 cm³/mol. The summed E-state index contributed by atoms with van der Waals surface area (Å²) in [4.78, 5) is 24.4. The Morgan fingerprint density at radius 3 is 2.79 bits per heavy atom. The second-order valence-electron chi connectivity index (χ2n) is 5.80. The zero-order chi connectivity index (χ0) is 17.1. The fourth-order valence-corrected chi connectivity index (χ4v) is 3.41. The molecule has 1 atom stereocenters. The maximum absolute atomic E-state index is 13.2. The number of hydrogen-bond donors (Lipinski definition) is 2. The number of nitrogens with one attached hydrogen (secondary N) is 2. The third-order valence-electron chi connectivity index (χ3n) is 3.73. The number of nitrogens with zero attached hydrogens (tertiary/aromatic N) is 2. The summed E-state index contributed by atoms with van der Waals surface area (Å²) in [6, 6.07) is 6.06. The molecule has 0 radical (unpaired) electrons. The SMILES string of the molecule is CCCn1c(SC(C(=O)NC2CC2)c2ccc(F)cc2)n[nH]c1=O. The quantitative estimate of drug-likeness (QED) is 0.751. The number of carbonyl (C=O) groups is 1. The van der Waals surface area contributed by atoms with E-state index < -0.39 is 5.25 Å². The molecular weight excluding hydrogens is 331 g/mol. The Kier molecular flexibility index (Phi) is 5.03. The lowest BCUT2D eigenvalue weighted by Crippen LogP contribution is -2.30. The van der Waals surface area contributed by atoms with Crippen molar-refractivity contribution < 1.29 is 9.18 Å². The molecule has 128 valence electrons. The van der Waals surface area contributed by atoms with Crippen molar-refractivity contribution in [2.24, 2.45) is 0 Å². The maximum Gasteiger partial charge on any atom is 0.343 e. The van der Waals surface area contributed by atoms with Crippen LogP contribution in [0.3, 0.4) is 0 Å². The topological polar surface area (TPSA) is 79.8 Å². The first-order valence-electron chi connectivity index (χ1n) is 7.96. The molecule has 8 heteroatoms. The first kappa shape index (κ1) is 16.8. The number of benzene rings is 1. The summed E-state index contributed by atoms with van der Waals surface area (Å²) in [7, 11) is 0. The van der Waals surface area contributed by atoms with Crippen LogP contribution in [0.1, 0.15) is 37.0 Å². The van der Waals surface area contributed by atoms with Crippen molar-refractivity contribution in [3.63, 3.8) is 0 Å². The number of aromatic nitrogens is 3. The zero-order valence-electron chi connectivity index (χ0n) is 13.3. The molecule has 1 amide bonds. The number of hydrogen-bond acceptors (Lipinski definition) is 4. The van der Waals surface area contributed by atoms with E-state index in [0.717, 1.165) is 19.3 Å². The molecular formula is C16H19FN4O2S. The molecule has 1 aromatic heterocycles. The van der Waals surface area contributed by atoms with Crippen LogP contribution in [0.25, 0.3) is 0 Å². The van der Waals surface area contributed by atoms with Crippen LogP contribution in [0.4, 0.5) is 4.39 Å². The lowest BCUT2D eigenvalue weighted by Gasteiger charge is -2.16. The summed E-state index contributed by atoms with van der Waals surface area (Å²) in [5.74, 6) is -0.500. The van der Waals surface area contributed by atoms with Crippen molar-refractivity contribution in [2.45, 2.75) is 49.2 Å². The van der Waals surface area contributed by atoms with E-state index in [1.807, 2.05) is 6.92 Å². The van der Waals surface area contributed by atoms with E-state index in [-0.39, 0.29) is 23.5 Å². The molecule has 0 saturated heterocycles. The number of rotatable bonds is 7. The van der Waals surface area contributed by atoms with E-state index in [1.54, 1.807) is 12.1 Å². The molecule has 1 aliphatic carbocycles. The van der Waals surface area contributed by atoms with Gasteiger partial charge in [0.2, 0.25) is 5.91 Å². The van der Waals surface area contributed by atoms with Gasteiger partial charge in [-0.2, -0.15) is 0 Å². The molecule has 3 rings (SSSR count). The number of halogens is 1. The molecule has 1 saturated carbocycles. The van der Waals surface area contributed by atoms with Gasteiger partial charge < -0.3 is 5.32 Å². The van der Waals surface area contributed by atoms with Gasteiger partial charge in [-0.3, -0.25) is 9.36 Å². The fraction of sp³-hybridized carbons (Fsp3) is 0.438. The van der Waals surface area contributed by atoms with Crippen LogP contribution in [-0.2, 0) is 11.3 Å². The number of H-pyrrole nitrogens is 1. The summed E-state index contributed by atoms with van der Waals surface area (Å²) < 4.78 is 14.7. The van der Waals surface area contributed by atoms with Crippen LogP contribution in [0.5, 0.6) is 0 Å². The van der Waals surface area contributed by atoms with Gasteiger partial charge in [0.1, 0.15) is 11.1 Å². The van der Waals surface area contributed by atoms with E-state index in [4.69, 9.17) is 0 Å². The van der Waals surface area contributed by atoms with Crippen molar-refractivity contribution in [1.82, 2.24) is 20.1 Å². The third-order valence-corrected chi connectivity index (χ3v) is 4.97. The first-order chi connectivity index (χ1) is 11.6. The lowest BCUT2D eigenvalue weighted by molar-refractivity contribution is -0.120. The van der Waals surface area contributed by atoms with E-state index in [0.29, 0.717) is 17.3 Å². The molecule has 2 aromatic rings. The summed E-state index contributed by atoms with van der Waals surface area (Å²) >= 11 is 1.20. The van der Waals surface area contributed by atoms with Gasteiger partial charge in [-0.1, -0.05) is 30.8 Å². The molecule has 1 unspecified atom stereocenters. The van der Waals surface area contributed by atoms with Crippen LogP contribution in [0.15, 0.2) is 34.2 Å². The summed E-state index contributed by atoms with van der Waals surface area (Å²) in [6.45, 7) is 2.49. The van der Waals surface area contributed by atoms with Gasteiger partial charge in [0.05, 0.1) is 0 Å². The van der Waals surface area contributed by atoms with Gasteiger partial charge in [0.15, 0.2) is 5.16 Å². The minimum atomic E-state index is -0.586. The average molecular weight is 350 g/mol. The van der Waals surface area contributed by atoms with Crippen LogP contribution >= 0.6 is 11.8 Å². The monoisotopic (exact) mass is 350 g/mol. The number of carbonyl (C=O) groups excluding carboxylic acids is 1. The Labute approximate surface area is 142 Å². The van der Waals surface area contributed by atoms with Gasteiger partial charge in [-0.05, 0) is 37.0 Å². The maximum atomic E-state index is 13.2. The average Bonchev–Trinajstić information content (AvgIpc) is 3.31. The predicted octanol–water partition coefficient (Wildman–Crippen LogP) is 2.23. The molecule has 1 fully saturated rings. The summed E-state index contributed by atoms with van der Waals surface area (Å²) in [5.41, 5.74) is 0.387. The molecule has 1 heterocycles. The Morgan fingerprint density at radius 1 is 1.46 bits per heavy atom. The number of aromatic amines is 1. The highest BCUT2D eigenvalue weighted by Gasteiger charge is 2.30. The van der Waals surface area contributed by atoms with Crippen LogP contribution in [0.2, 0.25) is 0 Å². The first-order valence-corrected chi connectivity index (χ1v) is 8.84. The Hall–Kier alpha value is -2.09. The molecule has 1 aromatic carbocycles. The van der Waals surface area contributed by atoms with Gasteiger partial charge in [0, 0.05) is 12.6 Å². The van der Waals surface area contributed by atoms with E-state index in [9.17, 15) is 14.0 Å². The normalized spacial score (nSPS) is 15.2. The Morgan fingerprint density at radius 2 is 2.17 bits per heavy atom. The van der Waals surface area contributed by atoms with Crippen molar-refractivity contribution >= 4 is 17.7 Å². The third kappa shape index (κ3) is 3.87. The number of thioether (sulfide) groups is 1. The van der Waals surface area contributed by atoms with Crippen molar-refractivity contribution in [3.05, 3.63) is 46.1 Å². The fourth-order valence-electron chi connectivity index (χ4n) is 2.33. The van der Waals surface area contributed by atoms with Crippen LogP contribution < -0.4 is 11.0 Å². The largest absolute Gasteiger partial charge is 0.352 e. The van der Waals surface area contributed by atoms with Crippen molar-refractivity contribution in [3.8, 4) is 0 Å². The highest BCUT2D eigenvalue weighted by atomic mass is 32.2. The van der Waals surface area contributed by atoms with E-state index in [1.165, 1.54) is 28.5 Å². The Bertz CT molecular complexity index is 767. The number of amides is 1. The minimum absolute atomic E-state index is 0.146. The van der Waals surface area contributed by atoms with Gasteiger partial charge in [0.25, 0.3) is 0 Å². The van der Waals surface area contributed by atoms with Crippen LogP contribution in [-0.4, -0.2) is 26.7 Å². The second kappa shape index (κ2) is 7.21. The van der Waals surface area contributed by atoms with Crippen LogP contribution in [0, 0.1) is 5.82 Å². The molecule has 6 nitrogen and oxygen atoms in total. The molecule has 0 spiro atoms. The molecule has 24 heavy (non-hydrogen) atoms. The van der Waals surface area contributed by atoms with Crippen molar-refractivity contribution in [2.75, 3.05) is 0 Å². The van der Waals surface area contributed by atoms with E-state index >= 15 is 0 Å². The standard InChI is InChI=1S/C16H19FN4O2S/c1-2-9-21-15(23)19-20-16(21)24-13(14(22)18-12-7-8-12)10-3-5-11(17)6-4-10/h3-6,12-13H,2,7-9H2,1H3,(H,18,22)(H,19,23). The van der Waals surface area contributed by atoms with Crippen molar-refractivity contribution in [1.29, 1.82) is 0 Å². The Balaban J connectivity index is 1.87. The van der Waals surface area contributed by atoms with Gasteiger partial charge >= 0.3 is 5.69 Å². The zero-order valence-corrected chi connectivity index (χ0v) is 14.1. The molecule has 1 aliphatic rings. The second-order valence-corrected chi connectivity index (χ2v) is 6.87. The molecule has 0 aliphatic heterocycles. The molecule has 0 bridgehead atoms. The molecule has 2 N–H and O–H groups in total. The van der Waals surface area contributed by atoms with Gasteiger partial charge in [-0.25, -0.2) is 14.3 Å². The summed E-state index contributed by atoms with van der Waals surface area (Å²) in [5, 5.41) is 9.29. The highest BCUT2D eigenvalue weighted by Crippen LogP contribution is 2.35. The summed E-state index contributed by atoms with van der Waals surface area (Å²) in [6.07, 6.45) is 2.74. The highest BCUT2D eigenvalue weighted by molar-refractivity contribution is 8.00. The van der Waals surface area contributed by atoms with E-state index in [2.05, 4.69) is 15.5 Å². The van der Waals surface area contributed by atoms with Gasteiger partial charge in [-0.15, -0.1) is 5.10 Å². The smallest absolute Gasteiger partial charge is 0.343 e. The lowest BCUT2D eigenvalue weighted by atomic mass is 10.1. The minimum Gasteiger partial charge on any atom is -0.352 e.